The third kappa shape index (κ3) is 4.57. The normalized spacial score (nSPS) is 10.3. The van der Waals surface area contributed by atoms with E-state index in [2.05, 4.69) is 22.5 Å². The molecule has 1 heterocycles. The zero-order valence-electron chi connectivity index (χ0n) is 9.53. The van der Waals surface area contributed by atoms with Crippen LogP contribution < -0.4 is 5.43 Å². The van der Waals surface area contributed by atoms with Crippen molar-refractivity contribution in [2.24, 2.45) is 0 Å². The van der Waals surface area contributed by atoms with E-state index in [1.807, 2.05) is 0 Å². The zero-order valence-corrected chi connectivity index (χ0v) is 10.3. The lowest BCUT2D eigenvalue weighted by atomic mass is 10.1. The monoisotopic (exact) mass is 242 g/mol. The highest BCUT2D eigenvalue weighted by Gasteiger charge is 2.02. The van der Waals surface area contributed by atoms with E-state index in [0.717, 1.165) is 12.8 Å². The maximum absolute atomic E-state index is 11.5. The van der Waals surface area contributed by atoms with E-state index >= 15 is 0 Å². The fraction of sp³-hybridized carbons (Fsp3) is 0.700. The number of carbonyl (C=O) groups excluding carboxylic acids is 1. The fourth-order valence-corrected chi connectivity index (χ4v) is 1.55. The van der Waals surface area contributed by atoms with Crippen molar-refractivity contribution in [3.05, 3.63) is 11.1 Å². The number of H-pyrrole nitrogens is 1. The molecule has 0 saturated heterocycles. The van der Waals surface area contributed by atoms with Crippen LogP contribution in [0.4, 0.5) is 0 Å². The molecule has 16 heavy (non-hydrogen) atoms. The number of hydrogen-bond donors (Lipinski definition) is 2. The molecular formula is C10H18N4OS. The van der Waals surface area contributed by atoms with E-state index in [-0.39, 0.29) is 5.91 Å². The Morgan fingerprint density at radius 1 is 1.50 bits per heavy atom. The van der Waals surface area contributed by atoms with E-state index in [4.69, 9.17) is 12.2 Å². The lowest BCUT2D eigenvalue weighted by Gasteiger charge is -2.04. The molecule has 1 amide bonds. The molecule has 1 rings (SSSR count). The van der Waals surface area contributed by atoms with Crippen LogP contribution in [0, 0.1) is 4.77 Å². The van der Waals surface area contributed by atoms with Crippen LogP contribution in [0.25, 0.3) is 0 Å². The molecule has 90 valence electrons. The Hall–Kier alpha value is -1.17. The summed E-state index contributed by atoms with van der Waals surface area (Å²) >= 11 is 4.90. The van der Waals surface area contributed by atoms with Gasteiger partial charge in [0.05, 0.1) is 0 Å². The molecule has 0 aliphatic carbocycles. The van der Waals surface area contributed by atoms with Crippen molar-refractivity contribution in [1.82, 2.24) is 14.9 Å². The van der Waals surface area contributed by atoms with Gasteiger partial charge in [-0.1, -0.05) is 32.6 Å². The van der Waals surface area contributed by atoms with Crippen molar-refractivity contribution in [3.8, 4) is 0 Å². The molecule has 0 aliphatic heterocycles. The maximum atomic E-state index is 11.5. The van der Waals surface area contributed by atoms with Gasteiger partial charge in [-0.3, -0.25) is 15.3 Å². The molecule has 2 N–H and O–H groups in total. The lowest BCUT2D eigenvalue weighted by molar-refractivity contribution is -0.117. The molecule has 5 nitrogen and oxygen atoms in total. The van der Waals surface area contributed by atoms with Gasteiger partial charge in [0.2, 0.25) is 10.7 Å². The number of hydrogen-bond acceptors (Lipinski definition) is 3. The second kappa shape index (κ2) is 7.16. The molecule has 0 saturated carbocycles. The first-order valence-electron chi connectivity index (χ1n) is 5.66. The largest absolute Gasteiger partial charge is 0.273 e. The minimum atomic E-state index is -0.0194. The summed E-state index contributed by atoms with van der Waals surface area (Å²) in [5, 5.41) is 6.29. The lowest BCUT2D eigenvalue weighted by Crippen LogP contribution is -2.21. The zero-order chi connectivity index (χ0) is 11.8. The fourth-order valence-electron chi connectivity index (χ4n) is 1.41. The van der Waals surface area contributed by atoms with Gasteiger partial charge in [0.1, 0.15) is 6.33 Å². The number of nitrogens with one attached hydrogen (secondary N) is 2. The number of aromatic nitrogens is 3. The first kappa shape index (κ1) is 12.9. The minimum Gasteiger partial charge on any atom is -0.273 e. The van der Waals surface area contributed by atoms with Gasteiger partial charge < -0.3 is 0 Å². The van der Waals surface area contributed by atoms with Crippen LogP contribution in [0.1, 0.15) is 45.4 Å². The summed E-state index contributed by atoms with van der Waals surface area (Å²) in [6.45, 7) is 2.17. The highest BCUT2D eigenvalue weighted by molar-refractivity contribution is 7.71. The molecule has 0 fully saturated rings. The Morgan fingerprint density at radius 3 is 2.88 bits per heavy atom. The Labute approximate surface area is 100 Å². The van der Waals surface area contributed by atoms with E-state index in [1.54, 1.807) is 0 Å². The summed E-state index contributed by atoms with van der Waals surface area (Å²) < 4.78 is 1.82. The number of aromatic amines is 1. The molecule has 0 spiro atoms. The number of nitrogens with zero attached hydrogens (tertiary/aromatic N) is 2. The number of unbranched alkanes of at least 4 members (excludes halogenated alkanes) is 4. The van der Waals surface area contributed by atoms with Crippen LogP contribution in [-0.2, 0) is 4.79 Å². The van der Waals surface area contributed by atoms with E-state index in [0.29, 0.717) is 11.2 Å². The standard InChI is InChI=1S/C10H18N4OS/c1-2-3-4-5-6-7-9(15)13-14-8-11-12-10(14)16/h8H,2-7H2,1H3,(H,12,16)(H,13,15). The molecule has 6 heteroatoms. The maximum Gasteiger partial charge on any atom is 0.238 e. The molecule has 0 aliphatic rings. The highest BCUT2D eigenvalue weighted by atomic mass is 32.1. The van der Waals surface area contributed by atoms with Crippen molar-refractivity contribution in [2.75, 3.05) is 5.43 Å². The average molecular weight is 242 g/mol. The van der Waals surface area contributed by atoms with Gasteiger partial charge in [-0.15, -0.1) is 0 Å². The SMILES string of the molecule is CCCCCCCC(=O)Nn1cn[nH]c1=S. The van der Waals surface area contributed by atoms with Crippen molar-refractivity contribution < 1.29 is 4.79 Å². The smallest absolute Gasteiger partial charge is 0.238 e. The number of rotatable bonds is 7. The van der Waals surface area contributed by atoms with Crippen LogP contribution in [-0.4, -0.2) is 20.8 Å². The molecule has 1 aromatic heterocycles. The summed E-state index contributed by atoms with van der Waals surface area (Å²) in [5.74, 6) is -0.0194. The van der Waals surface area contributed by atoms with Gasteiger partial charge in [0, 0.05) is 6.42 Å². The van der Waals surface area contributed by atoms with Gasteiger partial charge in [0.25, 0.3) is 0 Å². The average Bonchev–Trinajstić information content (AvgIpc) is 2.64. The molecule has 0 aromatic carbocycles. The number of amides is 1. The molecule has 0 bridgehead atoms. The summed E-state index contributed by atoms with van der Waals surface area (Å²) in [6.07, 6.45) is 7.70. The molecular weight excluding hydrogens is 224 g/mol. The van der Waals surface area contributed by atoms with E-state index in [1.165, 1.54) is 30.3 Å². The second-order valence-electron chi connectivity index (χ2n) is 3.73. The summed E-state index contributed by atoms with van der Waals surface area (Å²) in [7, 11) is 0. The van der Waals surface area contributed by atoms with Crippen molar-refractivity contribution in [2.45, 2.75) is 45.4 Å². The molecule has 1 aromatic rings. The van der Waals surface area contributed by atoms with E-state index < -0.39 is 0 Å². The Kier molecular flexibility index (Phi) is 5.77. The third-order valence-electron chi connectivity index (χ3n) is 2.30. The second-order valence-corrected chi connectivity index (χ2v) is 4.12. The van der Waals surface area contributed by atoms with Crippen LogP contribution in [0.15, 0.2) is 6.33 Å². The first-order valence-corrected chi connectivity index (χ1v) is 6.06. The quantitative estimate of drug-likeness (QED) is 0.570. The summed E-state index contributed by atoms with van der Waals surface area (Å²) in [6, 6.07) is 0. The minimum absolute atomic E-state index is 0.0194. The van der Waals surface area contributed by atoms with Gasteiger partial charge in [-0.25, -0.2) is 4.68 Å². The Balaban J connectivity index is 2.17. The summed E-state index contributed by atoms with van der Waals surface area (Å²) in [5.41, 5.74) is 2.66. The van der Waals surface area contributed by atoms with Crippen molar-refractivity contribution in [1.29, 1.82) is 0 Å². The van der Waals surface area contributed by atoms with Crippen molar-refractivity contribution >= 4 is 18.1 Å². The van der Waals surface area contributed by atoms with Crippen LogP contribution in [0.2, 0.25) is 0 Å². The first-order chi connectivity index (χ1) is 7.74. The Bertz CT molecular complexity index is 371. The van der Waals surface area contributed by atoms with Crippen LogP contribution in [0.5, 0.6) is 0 Å². The summed E-state index contributed by atoms with van der Waals surface area (Å²) in [4.78, 5) is 11.5. The van der Waals surface area contributed by atoms with Gasteiger partial charge in [-0.2, -0.15) is 5.10 Å². The van der Waals surface area contributed by atoms with Gasteiger partial charge in [-0.05, 0) is 18.6 Å². The van der Waals surface area contributed by atoms with Crippen LogP contribution >= 0.6 is 12.2 Å². The molecule has 0 unspecified atom stereocenters. The van der Waals surface area contributed by atoms with Crippen molar-refractivity contribution in [3.63, 3.8) is 0 Å². The van der Waals surface area contributed by atoms with Gasteiger partial charge >= 0.3 is 0 Å². The Morgan fingerprint density at radius 2 is 2.25 bits per heavy atom. The predicted molar refractivity (Wildman–Crippen MR) is 65.2 cm³/mol. The predicted octanol–water partition coefficient (Wildman–Crippen LogP) is 2.37. The number of carbonyl (C=O) groups is 1. The van der Waals surface area contributed by atoms with Crippen LogP contribution in [0.3, 0.4) is 0 Å². The molecule has 0 atom stereocenters. The highest BCUT2D eigenvalue weighted by Crippen LogP contribution is 2.04. The van der Waals surface area contributed by atoms with E-state index in [9.17, 15) is 4.79 Å². The third-order valence-corrected chi connectivity index (χ3v) is 2.59. The molecule has 0 radical (unpaired) electrons. The van der Waals surface area contributed by atoms with Gasteiger partial charge in [0.15, 0.2) is 0 Å². The topological polar surface area (TPSA) is 62.7 Å².